The van der Waals surface area contributed by atoms with Gasteiger partial charge in [-0.3, -0.25) is 9.78 Å². The Morgan fingerprint density at radius 1 is 1.10 bits per heavy atom. The van der Waals surface area contributed by atoms with Crippen molar-refractivity contribution in [3.05, 3.63) is 100 Å². The fourth-order valence-electron chi connectivity index (χ4n) is 4.44. The number of ether oxygens (including phenoxy) is 1. The third-order valence-electron chi connectivity index (χ3n) is 6.35. The van der Waals surface area contributed by atoms with E-state index in [1.54, 1.807) is 43.5 Å². The molecule has 11 heteroatoms. The molecule has 0 amide bonds. The van der Waals surface area contributed by atoms with Crippen LogP contribution in [0.5, 0.6) is 11.5 Å². The van der Waals surface area contributed by atoms with Crippen LogP contribution in [0.1, 0.15) is 23.0 Å². The molecule has 5 aromatic rings. The highest BCUT2D eigenvalue weighted by Crippen LogP contribution is 2.39. The average molecular weight is 537 g/mol. The van der Waals surface area contributed by atoms with Gasteiger partial charge in [0.1, 0.15) is 17.8 Å². The van der Waals surface area contributed by atoms with Crippen molar-refractivity contribution in [1.29, 1.82) is 0 Å². The Balaban J connectivity index is 1.77. The normalized spacial score (nSPS) is 12.4. The summed E-state index contributed by atoms with van der Waals surface area (Å²) in [4.78, 5) is 18.0. The molecule has 0 saturated heterocycles. The van der Waals surface area contributed by atoms with Crippen LogP contribution in [0.15, 0.2) is 82.4 Å². The van der Waals surface area contributed by atoms with Crippen molar-refractivity contribution in [2.24, 2.45) is 0 Å². The molecule has 0 bridgehead atoms. The first-order valence-electron chi connectivity index (χ1n) is 11.8. The first-order valence-corrected chi connectivity index (χ1v) is 11.8. The number of nitrogens with one attached hydrogen (secondary N) is 1. The highest BCUT2D eigenvalue weighted by molar-refractivity contribution is 5.89. The van der Waals surface area contributed by atoms with Crippen molar-refractivity contribution >= 4 is 16.6 Å². The van der Waals surface area contributed by atoms with Crippen LogP contribution in [0.3, 0.4) is 0 Å². The molecule has 39 heavy (non-hydrogen) atoms. The monoisotopic (exact) mass is 536 g/mol. The minimum absolute atomic E-state index is 0.0669. The van der Waals surface area contributed by atoms with Crippen LogP contribution in [0.25, 0.3) is 22.0 Å². The van der Waals surface area contributed by atoms with E-state index in [9.17, 15) is 23.1 Å². The maximum absolute atomic E-state index is 14.5. The molecule has 3 aromatic heterocycles. The molecule has 0 saturated carbocycles. The van der Waals surface area contributed by atoms with Crippen LogP contribution in [0, 0.1) is 6.92 Å². The van der Waals surface area contributed by atoms with E-state index in [-0.39, 0.29) is 18.0 Å². The number of pyridine rings is 2. The first kappa shape index (κ1) is 25.8. The van der Waals surface area contributed by atoms with Crippen molar-refractivity contribution in [1.82, 2.24) is 14.7 Å². The van der Waals surface area contributed by atoms with Crippen molar-refractivity contribution in [3.63, 3.8) is 0 Å². The summed E-state index contributed by atoms with van der Waals surface area (Å²) < 4.78 is 55.3. The lowest BCUT2D eigenvalue weighted by Crippen LogP contribution is -2.35. The van der Waals surface area contributed by atoms with Gasteiger partial charge in [-0.15, -0.1) is 0 Å². The van der Waals surface area contributed by atoms with E-state index < -0.39 is 23.3 Å². The van der Waals surface area contributed by atoms with Gasteiger partial charge in [0.05, 0.1) is 30.6 Å². The molecule has 0 aliphatic heterocycles. The predicted octanol–water partition coefficient (Wildman–Crippen LogP) is 5.84. The molecule has 2 N–H and O–H groups in total. The largest absolute Gasteiger partial charge is 0.508 e. The predicted molar refractivity (Wildman–Crippen MR) is 139 cm³/mol. The third kappa shape index (κ3) is 5.15. The molecule has 200 valence electrons. The van der Waals surface area contributed by atoms with Crippen molar-refractivity contribution < 1.29 is 27.5 Å². The fraction of sp³-hybridized carbons (Fsp3) is 0.179. The lowest BCUT2D eigenvalue weighted by Gasteiger charge is -2.24. The van der Waals surface area contributed by atoms with Gasteiger partial charge in [-0.05, 0) is 60.8 Å². The number of halogens is 3. The summed E-state index contributed by atoms with van der Waals surface area (Å²) in [5.41, 5.74) is 1.33. The summed E-state index contributed by atoms with van der Waals surface area (Å²) >= 11 is 0. The summed E-state index contributed by atoms with van der Waals surface area (Å²) in [6.45, 7) is 1.67. The van der Waals surface area contributed by atoms with Crippen molar-refractivity contribution in [2.75, 3.05) is 12.4 Å². The summed E-state index contributed by atoms with van der Waals surface area (Å²) in [7, 11) is 1.46. The molecule has 0 aliphatic carbocycles. The second kappa shape index (κ2) is 10.2. The molecule has 0 fully saturated rings. The number of aromatic hydroxyl groups is 1. The standard InChI is InChI=1S/C28H23F3N4O4/c1-16-23(15-39-34-16)21-11-17-12-22(26(28(29,30)31)33-18-6-8-20(36)9-7-18)27(37)35(24(17)13-25(21)38-2)14-19-5-3-4-10-32-19/h3-13,15,26,33,36H,14H2,1-2H3. The smallest absolute Gasteiger partial charge is 0.413 e. The van der Waals surface area contributed by atoms with Crippen molar-refractivity contribution in [3.8, 4) is 22.6 Å². The number of alkyl halides is 3. The van der Waals surface area contributed by atoms with E-state index in [1.165, 1.54) is 48.3 Å². The molecule has 8 nitrogen and oxygen atoms in total. The molecular weight excluding hydrogens is 513 g/mol. The topological polar surface area (TPSA) is 102 Å². The van der Waals surface area contributed by atoms with Gasteiger partial charge >= 0.3 is 6.18 Å². The number of aromatic nitrogens is 3. The van der Waals surface area contributed by atoms with Gasteiger partial charge in [0.2, 0.25) is 0 Å². The van der Waals surface area contributed by atoms with E-state index in [2.05, 4.69) is 15.5 Å². The zero-order valence-electron chi connectivity index (χ0n) is 20.9. The van der Waals surface area contributed by atoms with E-state index >= 15 is 0 Å². The maximum atomic E-state index is 14.5. The van der Waals surface area contributed by atoms with E-state index in [0.29, 0.717) is 39.2 Å². The van der Waals surface area contributed by atoms with Crippen LogP contribution in [-0.2, 0) is 6.54 Å². The van der Waals surface area contributed by atoms with Crippen LogP contribution in [0.2, 0.25) is 0 Å². The van der Waals surface area contributed by atoms with Gasteiger partial charge in [-0.1, -0.05) is 11.2 Å². The van der Waals surface area contributed by atoms with Gasteiger partial charge in [0.25, 0.3) is 5.56 Å². The molecule has 1 unspecified atom stereocenters. The van der Waals surface area contributed by atoms with Gasteiger partial charge < -0.3 is 24.3 Å². The number of nitrogens with zero attached hydrogens (tertiary/aromatic N) is 3. The first-order chi connectivity index (χ1) is 18.7. The number of benzene rings is 2. The quantitative estimate of drug-likeness (QED) is 0.252. The maximum Gasteiger partial charge on any atom is 0.413 e. The summed E-state index contributed by atoms with van der Waals surface area (Å²) in [5.74, 6) is 0.295. The van der Waals surface area contributed by atoms with Crippen LogP contribution in [-0.4, -0.2) is 33.1 Å². The SMILES string of the molecule is COc1cc2c(cc1-c1conc1C)cc(C(Nc1ccc(O)cc1)C(F)(F)F)c(=O)n2Cc1ccccn1. The second-order valence-corrected chi connectivity index (χ2v) is 8.90. The number of rotatable bonds is 7. The molecule has 3 heterocycles. The summed E-state index contributed by atoms with van der Waals surface area (Å²) in [6.07, 6.45) is -1.85. The van der Waals surface area contributed by atoms with Crippen LogP contribution in [0.4, 0.5) is 18.9 Å². The Labute approximate surface area is 220 Å². The van der Waals surface area contributed by atoms with Crippen molar-refractivity contribution in [2.45, 2.75) is 25.7 Å². The minimum atomic E-state index is -4.83. The van der Waals surface area contributed by atoms with E-state index in [1.807, 2.05) is 0 Å². The third-order valence-corrected chi connectivity index (χ3v) is 6.35. The Hall–Kier alpha value is -4.80. The highest BCUT2D eigenvalue weighted by Gasteiger charge is 2.43. The zero-order valence-corrected chi connectivity index (χ0v) is 20.9. The summed E-state index contributed by atoms with van der Waals surface area (Å²) in [6, 6.07) is 12.4. The van der Waals surface area contributed by atoms with Crippen LogP contribution < -0.4 is 15.6 Å². The summed E-state index contributed by atoms with van der Waals surface area (Å²) in [5, 5.41) is 16.2. The molecule has 0 radical (unpaired) electrons. The number of methoxy groups -OCH3 is 1. The molecule has 0 aliphatic rings. The molecule has 0 spiro atoms. The van der Waals surface area contributed by atoms with Gasteiger partial charge in [-0.2, -0.15) is 13.2 Å². The lowest BCUT2D eigenvalue weighted by molar-refractivity contribution is -0.144. The Morgan fingerprint density at radius 3 is 2.49 bits per heavy atom. The number of anilines is 1. The number of aryl methyl sites for hydroxylation is 1. The van der Waals surface area contributed by atoms with E-state index in [0.717, 1.165) is 0 Å². The Bertz CT molecular complexity index is 1680. The second-order valence-electron chi connectivity index (χ2n) is 8.90. The van der Waals surface area contributed by atoms with Gasteiger partial charge in [-0.25, -0.2) is 0 Å². The molecular formula is C28H23F3N4O4. The number of hydrogen-bond acceptors (Lipinski definition) is 7. The fourth-order valence-corrected chi connectivity index (χ4v) is 4.44. The average Bonchev–Trinajstić information content (AvgIpc) is 3.34. The van der Waals surface area contributed by atoms with Gasteiger partial charge in [0, 0.05) is 34.6 Å². The molecule has 1 atom stereocenters. The number of fused-ring (bicyclic) bond motifs is 1. The van der Waals surface area contributed by atoms with Gasteiger partial charge in [0.15, 0.2) is 6.04 Å². The Kier molecular flexibility index (Phi) is 6.73. The molecule has 5 rings (SSSR count). The highest BCUT2D eigenvalue weighted by atomic mass is 19.4. The Morgan fingerprint density at radius 2 is 1.87 bits per heavy atom. The van der Waals surface area contributed by atoms with Crippen LogP contribution >= 0.6 is 0 Å². The number of hydrogen-bond donors (Lipinski definition) is 2. The zero-order chi connectivity index (χ0) is 27.7. The molecule has 2 aromatic carbocycles. The number of phenolic OH excluding ortho intramolecular Hbond substituents is 1. The minimum Gasteiger partial charge on any atom is -0.508 e. The van der Waals surface area contributed by atoms with E-state index in [4.69, 9.17) is 9.26 Å². The number of phenols is 1. The lowest BCUT2D eigenvalue weighted by atomic mass is 9.99.